The van der Waals surface area contributed by atoms with Gasteiger partial charge < -0.3 is 10.1 Å². The van der Waals surface area contributed by atoms with Crippen LogP contribution in [0.2, 0.25) is 0 Å². The van der Waals surface area contributed by atoms with Gasteiger partial charge in [0.2, 0.25) is 0 Å². The highest BCUT2D eigenvalue weighted by Gasteiger charge is 2.06. The van der Waals surface area contributed by atoms with Crippen molar-refractivity contribution in [2.75, 3.05) is 19.7 Å². The second kappa shape index (κ2) is 8.74. The highest BCUT2D eigenvalue weighted by Crippen LogP contribution is 2.25. The lowest BCUT2D eigenvalue weighted by molar-refractivity contribution is 0.309. The lowest BCUT2D eigenvalue weighted by Crippen LogP contribution is -2.15. The second-order valence-electron chi connectivity index (χ2n) is 4.83. The van der Waals surface area contributed by atoms with Gasteiger partial charge in [0.25, 0.3) is 0 Å². The fraction of sp³-hybridized carbons (Fsp3) is 0.500. The van der Waals surface area contributed by atoms with Crippen LogP contribution < -0.4 is 10.1 Å². The van der Waals surface area contributed by atoms with Crippen LogP contribution in [-0.4, -0.2) is 29.9 Å². The van der Waals surface area contributed by atoms with E-state index in [-0.39, 0.29) is 0 Å². The number of nitrogens with zero attached hydrogens (tertiary/aromatic N) is 2. The van der Waals surface area contributed by atoms with Crippen LogP contribution in [-0.2, 0) is 6.42 Å². The molecule has 0 fully saturated rings. The van der Waals surface area contributed by atoms with Gasteiger partial charge >= 0.3 is 0 Å². The molecule has 0 aliphatic carbocycles. The number of nitrogens with one attached hydrogen (secondary N) is 1. The first kappa shape index (κ1) is 15.9. The highest BCUT2D eigenvalue weighted by molar-refractivity contribution is 7.14. The molecule has 2 aromatic rings. The van der Waals surface area contributed by atoms with E-state index in [9.17, 15) is 0 Å². The summed E-state index contributed by atoms with van der Waals surface area (Å²) in [6.45, 7) is 6.99. The van der Waals surface area contributed by atoms with Gasteiger partial charge in [0, 0.05) is 18.5 Å². The summed E-state index contributed by atoms with van der Waals surface area (Å²) in [4.78, 5) is 0. The summed E-state index contributed by atoms with van der Waals surface area (Å²) < 4.78 is 5.67. The van der Waals surface area contributed by atoms with Gasteiger partial charge in [0.1, 0.15) is 15.8 Å². The maximum atomic E-state index is 5.67. The van der Waals surface area contributed by atoms with E-state index in [2.05, 4.69) is 41.5 Å². The van der Waals surface area contributed by atoms with E-state index in [0.717, 1.165) is 60.3 Å². The van der Waals surface area contributed by atoms with Crippen LogP contribution in [0.15, 0.2) is 24.3 Å². The molecule has 0 bridgehead atoms. The van der Waals surface area contributed by atoms with Crippen molar-refractivity contribution in [3.05, 3.63) is 29.3 Å². The zero-order valence-corrected chi connectivity index (χ0v) is 13.6. The average Bonchev–Trinajstić information content (AvgIpc) is 2.97. The Morgan fingerprint density at radius 3 is 2.67 bits per heavy atom. The Kier molecular flexibility index (Phi) is 6.63. The van der Waals surface area contributed by atoms with Crippen molar-refractivity contribution in [2.24, 2.45) is 0 Å². The molecule has 4 nitrogen and oxygen atoms in total. The van der Waals surface area contributed by atoms with Crippen molar-refractivity contribution in [3.8, 4) is 16.3 Å². The number of aromatic nitrogens is 2. The summed E-state index contributed by atoms with van der Waals surface area (Å²) in [7, 11) is 0. The topological polar surface area (TPSA) is 47.0 Å². The minimum Gasteiger partial charge on any atom is -0.494 e. The molecule has 114 valence electrons. The number of ether oxygens (including phenoxy) is 1. The summed E-state index contributed by atoms with van der Waals surface area (Å²) in [6.07, 6.45) is 3.18. The van der Waals surface area contributed by atoms with Crippen LogP contribution in [0.1, 0.15) is 31.7 Å². The van der Waals surface area contributed by atoms with Gasteiger partial charge in [-0.3, -0.25) is 0 Å². The summed E-state index contributed by atoms with van der Waals surface area (Å²) in [6, 6.07) is 8.11. The van der Waals surface area contributed by atoms with E-state index in [0.29, 0.717) is 0 Å². The van der Waals surface area contributed by atoms with E-state index in [1.54, 1.807) is 11.3 Å². The standard InChI is InChI=1S/C16H23N3OS/c1-3-5-12-20-14-8-6-13(7-9-14)16-19-18-15(21-16)10-11-17-4-2/h6-9,17H,3-5,10-12H2,1-2H3. The molecule has 5 heteroatoms. The zero-order chi connectivity index (χ0) is 14.9. The molecule has 0 spiro atoms. The molecule has 0 atom stereocenters. The number of unbranched alkanes of at least 4 members (excludes halogenated alkanes) is 1. The summed E-state index contributed by atoms with van der Waals surface area (Å²) >= 11 is 1.66. The molecule has 1 aromatic heterocycles. The Hall–Kier alpha value is -1.46. The third kappa shape index (κ3) is 5.10. The Labute approximate surface area is 130 Å². The molecule has 0 radical (unpaired) electrons. The molecule has 0 amide bonds. The van der Waals surface area contributed by atoms with Crippen LogP contribution in [0.4, 0.5) is 0 Å². The lowest BCUT2D eigenvalue weighted by Gasteiger charge is -2.05. The molecule has 1 aromatic carbocycles. The number of benzene rings is 1. The number of hydrogen-bond donors (Lipinski definition) is 1. The molecule has 2 rings (SSSR count). The van der Waals surface area contributed by atoms with Gasteiger partial charge in [-0.05, 0) is 37.2 Å². The van der Waals surface area contributed by atoms with Gasteiger partial charge in [-0.25, -0.2) is 0 Å². The molecule has 21 heavy (non-hydrogen) atoms. The first-order valence-corrected chi connectivity index (χ1v) is 8.41. The minimum absolute atomic E-state index is 0.781. The van der Waals surface area contributed by atoms with E-state index in [1.165, 1.54) is 0 Å². The lowest BCUT2D eigenvalue weighted by atomic mass is 10.2. The maximum Gasteiger partial charge on any atom is 0.147 e. The summed E-state index contributed by atoms with van der Waals surface area (Å²) in [5, 5.41) is 13.9. The normalized spacial score (nSPS) is 10.8. The van der Waals surface area contributed by atoms with Gasteiger partial charge in [0.05, 0.1) is 6.61 Å². The number of hydrogen-bond acceptors (Lipinski definition) is 5. The monoisotopic (exact) mass is 305 g/mol. The molecule has 1 heterocycles. The molecule has 0 aliphatic heterocycles. The molecular weight excluding hydrogens is 282 g/mol. The first-order chi connectivity index (χ1) is 10.3. The Bertz CT molecular complexity index is 525. The Balaban J connectivity index is 1.92. The fourth-order valence-electron chi connectivity index (χ4n) is 1.87. The van der Waals surface area contributed by atoms with Crippen molar-refractivity contribution in [2.45, 2.75) is 33.1 Å². The van der Waals surface area contributed by atoms with Gasteiger partial charge in [0.15, 0.2) is 0 Å². The Morgan fingerprint density at radius 2 is 1.95 bits per heavy atom. The SMILES string of the molecule is CCCCOc1ccc(-c2nnc(CCNCC)s2)cc1. The van der Waals surface area contributed by atoms with E-state index >= 15 is 0 Å². The second-order valence-corrected chi connectivity index (χ2v) is 5.89. The fourth-order valence-corrected chi connectivity index (χ4v) is 2.72. The largest absolute Gasteiger partial charge is 0.494 e. The van der Waals surface area contributed by atoms with Crippen LogP contribution >= 0.6 is 11.3 Å². The van der Waals surface area contributed by atoms with Crippen molar-refractivity contribution < 1.29 is 4.74 Å². The van der Waals surface area contributed by atoms with Gasteiger partial charge in [-0.15, -0.1) is 10.2 Å². The predicted molar refractivity (Wildman–Crippen MR) is 88.0 cm³/mol. The zero-order valence-electron chi connectivity index (χ0n) is 12.8. The van der Waals surface area contributed by atoms with Crippen molar-refractivity contribution in [1.29, 1.82) is 0 Å². The molecule has 0 saturated heterocycles. The van der Waals surface area contributed by atoms with Crippen LogP contribution in [0.25, 0.3) is 10.6 Å². The van der Waals surface area contributed by atoms with Crippen LogP contribution in [0.3, 0.4) is 0 Å². The average molecular weight is 305 g/mol. The van der Waals surface area contributed by atoms with E-state index < -0.39 is 0 Å². The predicted octanol–water partition coefficient (Wildman–Crippen LogP) is 3.54. The highest BCUT2D eigenvalue weighted by atomic mass is 32.1. The molecular formula is C16H23N3OS. The molecule has 0 unspecified atom stereocenters. The third-order valence-electron chi connectivity index (χ3n) is 3.10. The van der Waals surface area contributed by atoms with Crippen molar-refractivity contribution in [1.82, 2.24) is 15.5 Å². The third-order valence-corrected chi connectivity index (χ3v) is 4.13. The van der Waals surface area contributed by atoms with Crippen LogP contribution in [0.5, 0.6) is 5.75 Å². The quantitative estimate of drug-likeness (QED) is 0.720. The minimum atomic E-state index is 0.781. The molecule has 1 N–H and O–H groups in total. The van der Waals surface area contributed by atoms with Crippen molar-refractivity contribution >= 4 is 11.3 Å². The maximum absolute atomic E-state index is 5.67. The molecule has 0 aliphatic rings. The van der Waals surface area contributed by atoms with E-state index in [4.69, 9.17) is 4.74 Å². The molecule has 0 saturated carbocycles. The van der Waals surface area contributed by atoms with Gasteiger partial charge in [-0.2, -0.15) is 0 Å². The number of likely N-dealkylation sites (N-methyl/N-ethyl adjacent to an activating group) is 1. The number of rotatable bonds is 9. The smallest absolute Gasteiger partial charge is 0.147 e. The Morgan fingerprint density at radius 1 is 1.14 bits per heavy atom. The first-order valence-electron chi connectivity index (χ1n) is 7.59. The summed E-state index contributed by atoms with van der Waals surface area (Å²) in [5.41, 5.74) is 1.10. The van der Waals surface area contributed by atoms with Gasteiger partial charge in [-0.1, -0.05) is 31.6 Å². The van der Waals surface area contributed by atoms with Crippen molar-refractivity contribution in [3.63, 3.8) is 0 Å². The van der Waals surface area contributed by atoms with E-state index in [1.807, 2.05) is 12.1 Å². The summed E-state index contributed by atoms with van der Waals surface area (Å²) in [5.74, 6) is 0.920. The van der Waals surface area contributed by atoms with Crippen LogP contribution in [0, 0.1) is 0 Å².